The van der Waals surface area contributed by atoms with Crippen molar-refractivity contribution in [1.82, 2.24) is 0 Å². The highest BCUT2D eigenvalue weighted by Gasteiger charge is 2.26. The molecule has 0 spiro atoms. The van der Waals surface area contributed by atoms with Crippen LogP contribution >= 0.6 is 0 Å². The van der Waals surface area contributed by atoms with E-state index in [9.17, 15) is 0 Å². The van der Waals surface area contributed by atoms with E-state index in [-0.39, 0.29) is 0 Å². The van der Waals surface area contributed by atoms with E-state index < -0.39 is 0 Å². The summed E-state index contributed by atoms with van der Waals surface area (Å²) < 4.78 is 11.6. The summed E-state index contributed by atoms with van der Waals surface area (Å²) in [5, 5.41) is 0. The van der Waals surface area contributed by atoms with Crippen molar-refractivity contribution in [2.24, 2.45) is 5.92 Å². The fourth-order valence-corrected chi connectivity index (χ4v) is 2.27. The maximum atomic E-state index is 5.95. The summed E-state index contributed by atoms with van der Waals surface area (Å²) in [6.45, 7) is 8.19. The van der Waals surface area contributed by atoms with Crippen LogP contribution in [-0.2, 0) is 9.47 Å². The van der Waals surface area contributed by atoms with Crippen molar-refractivity contribution < 1.29 is 9.47 Å². The summed E-state index contributed by atoms with van der Waals surface area (Å²) in [4.78, 5) is 0. The van der Waals surface area contributed by atoms with Gasteiger partial charge in [0.05, 0.1) is 18.8 Å². The van der Waals surface area contributed by atoms with Gasteiger partial charge in [0, 0.05) is 12.5 Å². The van der Waals surface area contributed by atoms with Crippen molar-refractivity contribution in [2.75, 3.05) is 13.2 Å². The molecular formula is C13H26O2. The van der Waals surface area contributed by atoms with Gasteiger partial charge in [-0.3, -0.25) is 0 Å². The Labute approximate surface area is 94.3 Å². The first kappa shape index (κ1) is 13.0. The molecule has 0 heterocycles. The SMILES string of the molecule is CCCOCC1CCCCC1OC(C)C. The summed E-state index contributed by atoms with van der Waals surface area (Å²) in [6, 6.07) is 0. The highest BCUT2D eigenvalue weighted by Crippen LogP contribution is 2.28. The molecule has 1 saturated carbocycles. The van der Waals surface area contributed by atoms with Crippen molar-refractivity contribution >= 4 is 0 Å². The third kappa shape index (κ3) is 4.98. The predicted molar refractivity (Wildman–Crippen MR) is 63.1 cm³/mol. The van der Waals surface area contributed by atoms with Gasteiger partial charge in [-0.15, -0.1) is 0 Å². The van der Waals surface area contributed by atoms with Gasteiger partial charge in [-0.05, 0) is 33.1 Å². The molecule has 0 N–H and O–H groups in total. The third-order valence-corrected chi connectivity index (χ3v) is 2.97. The minimum absolute atomic E-state index is 0.349. The Kier molecular flexibility index (Phi) is 6.26. The van der Waals surface area contributed by atoms with E-state index in [0.717, 1.165) is 19.6 Å². The van der Waals surface area contributed by atoms with Crippen molar-refractivity contribution in [2.45, 2.75) is 65.1 Å². The lowest BCUT2D eigenvalue weighted by molar-refractivity contribution is -0.0680. The molecule has 0 radical (unpaired) electrons. The number of hydrogen-bond donors (Lipinski definition) is 0. The van der Waals surface area contributed by atoms with Gasteiger partial charge in [0.1, 0.15) is 0 Å². The van der Waals surface area contributed by atoms with Gasteiger partial charge < -0.3 is 9.47 Å². The van der Waals surface area contributed by atoms with Gasteiger partial charge in [-0.1, -0.05) is 19.8 Å². The normalized spacial score (nSPS) is 27.2. The standard InChI is InChI=1S/C13H26O2/c1-4-9-14-10-12-7-5-6-8-13(12)15-11(2)3/h11-13H,4-10H2,1-3H3. The summed E-state index contributed by atoms with van der Waals surface area (Å²) >= 11 is 0. The zero-order chi connectivity index (χ0) is 11.1. The minimum atomic E-state index is 0.349. The topological polar surface area (TPSA) is 18.5 Å². The van der Waals surface area contributed by atoms with Crippen LogP contribution in [0.25, 0.3) is 0 Å². The summed E-state index contributed by atoms with van der Waals surface area (Å²) in [6.07, 6.45) is 7.07. The van der Waals surface area contributed by atoms with Gasteiger partial charge in [-0.25, -0.2) is 0 Å². The average molecular weight is 214 g/mol. The molecule has 90 valence electrons. The van der Waals surface area contributed by atoms with Crippen molar-refractivity contribution in [3.05, 3.63) is 0 Å². The van der Waals surface area contributed by atoms with Crippen LogP contribution in [0.1, 0.15) is 52.9 Å². The zero-order valence-electron chi connectivity index (χ0n) is 10.5. The second-order valence-corrected chi connectivity index (χ2v) is 4.84. The molecule has 0 aliphatic heterocycles. The second-order valence-electron chi connectivity index (χ2n) is 4.84. The monoisotopic (exact) mass is 214 g/mol. The second kappa shape index (κ2) is 7.24. The van der Waals surface area contributed by atoms with E-state index in [1.807, 2.05) is 0 Å². The Bertz CT molecular complexity index is 157. The molecule has 1 aliphatic rings. The molecule has 0 aromatic carbocycles. The van der Waals surface area contributed by atoms with Crippen molar-refractivity contribution in [3.8, 4) is 0 Å². The maximum Gasteiger partial charge on any atom is 0.0628 e. The summed E-state index contributed by atoms with van der Waals surface area (Å²) in [5.74, 6) is 0.632. The molecule has 15 heavy (non-hydrogen) atoms. The lowest BCUT2D eigenvalue weighted by Gasteiger charge is -2.32. The largest absolute Gasteiger partial charge is 0.381 e. The molecule has 0 bridgehead atoms. The lowest BCUT2D eigenvalue weighted by atomic mass is 9.87. The van der Waals surface area contributed by atoms with Crippen LogP contribution in [0.2, 0.25) is 0 Å². The van der Waals surface area contributed by atoms with Gasteiger partial charge in [0.15, 0.2) is 0 Å². The molecule has 0 saturated heterocycles. The van der Waals surface area contributed by atoms with Crippen LogP contribution in [0, 0.1) is 5.92 Å². The van der Waals surface area contributed by atoms with Gasteiger partial charge in [0.25, 0.3) is 0 Å². The third-order valence-electron chi connectivity index (χ3n) is 2.97. The molecule has 0 amide bonds. The Balaban J connectivity index is 2.29. The zero-order valence-corrected chi connectivity index (χ0v) is 10.5. The van der Waals surface area contributed by atoms with Crippen molar-refractivity contribution in [3.63, 3.8) is 0 Å². The Morgan fingerprint density at radius 2 is 1.93 bits per heavy atom. The molecular weight excluding hydrogens is 188 g/mol. The van der Waals surface area contributed by atoms with E-state index in [2.05, 4.69) is 20.8 Å². The van der Waals surface area contributed by atoms with E-state index in [0.29, 0.717) is 18.1 Å². The van der Waals surface area contributed by atoms with Crippen LogP contribution < -0.4 is 0 Å². The van der Waals surface area contributed by atoms with E-state index >= 15 is 0 Å². The van der Waals surface area contributed by atoms with Crippen LogP contribution in [0.4, 0.5) is 0 Å². The number of rotatable bonds is 6. The fourth-order valence-electron chi connectivity index (χ4n) is 2.27. The Morgan fingerprint density at radius 3 is 2.60 bits per heavy atom. The summed E-state index contributed by atoms with van der Waals surface area (Å²) in [7, 11) is 0. The fraction of sp³-hybridized carbons (Fsp3) is 1.00. The molecule has 2 atom stereocenters. The van der Waals surface area contributed by atoms with Crippen molar-refractivity contribution in [1.29, 1.82) is 0 Å². The van der Waals surface area contributed by atoms with Crippen LogP contribution in [0.3, 0.4) is 0 Å². The van der Waals surface area contributed by atoms with Crippen LogP contribution in [0.15, 0.2) is 0 Å². The smallest absolute Gasteiger partial charge is 0.0628 e. The van der Waals surface area contributed by atoms with E-state index in [1.165, 1.54) is 25.7 Å². The van der Waals surface area contributed by atoms with E-state index in [1.54, 1.807) is 0 Å². The summed E-state index contributed by atoms with van der Waals surface area (Å²) in [5.41, 5.74) is 0. The van der Waals surface area contributed by atoms with E-state index in [4.69, 9.17) is 9.47 Å². The number of hydrogen-bond acceptors (Lipinski definition) is 2. The highest BCUT2D eigenvalue weighted by molar-refractivity contribution is 4.76. The molecule has 0 aromatic heterocycles. The molecule has 0 aromatic rings. The maximum absolute atomic E-state index is 5.95. The first-order valence-corrected chi connectivity index (χ1v) is 6.47. The van der Waals surface area contributed by atoms with Gasteiger partial charge in [0.2, 0.25) is 0 Å². The molecule has 2 unspecified atom stereocenters. The minimum Gasteiger partial charge on any atom is -0.381 e. The molecule has 2 heteroatoms. The van der Waals surface area contributed by atoms with Crippen LogP contribution in [0.5, 0.6) is 0 Å². The molecule has 1 rings (SSSR count). The van der Waals surface area contributed by atoms with Gasteiger partial charge in [-0.2, -0.15) is 0 Å². The first-order valence-electron chi connectivity index (χ1n) is 6.47. The molecule has 1 fully saturated rings. The molecule has 2 nitrogen and oxygen atoms in total. The predicted octanol–water partition coefficient (Wildman–Crippen LogP) is 3.40. The first-order chi connectivity index (χ1) is 7.24. The Morgan fingerprint density at radius 1 is 1.20 bits per heavy atom. The quantitative estimate of drug-likeness (QED) is 0.631. The molecule has 1 aliphatic carbocycles. The van der Waals surface area contributed by atoms with Crippen LogP contribution in [-0.4, -0.2) is 25.4 Å². The lowest BCUT2D eigenvalue weighted by Crippen LogP contribution is -2.33. The number of ether oxygens (including phenoxy) is 2. The Hall–Kier alpha value is -0.0800. The van der Waals surface area contributed by atoms with Gasteiger partial charge >= 0.3 is 0 Å². The highest BCUT2D eigenvalue weighted by atomic mass is 16.5. The average Bonchev–Trinajstić information content (AvgIpc) is 2.20.